The fraction of sp³-hybridized carbons (Fsp3) is 0.375. The lowest BCUT2D eigenvalue weighted by atomic mass is 9.99. The molecular weight excluding hydrogens is 285 g/mol. The number of nitrogens with one attached hydrogen (secondary N) is 2. The quantitative estimate of drug-likeness (QED) is 0.838. The molecule has 1 fully saturated rings. The van der Waals surface area contributed by atoms with E-state index in [1.807, 2.05) is 6.08 Å². The van der Waals surface area contributed by atoms with Gasteiger partial charge < -0.3 is 15.5 Å². The zero-order valence-electron chi connectivity index (χ0n) is 12.1. The molecule has 1 unspecified atom stereocenters. The lowest BCUT2D eigenvalue weighted by molar-refractivity contribution is -0.137. The molecule has 0 aromatic heterocycles. The molecular formula is C16H18FN3O2. The second-order valence-electron chi connectivity index (χ2n) is 5.52. The van der Waals surface area contributed by atoms with E-state index in [9.17, 15) is 14.0 Å². The summed E-state index contributed by atoms with van der Waals surface area (Å²) in [7, 11) is 0. The third-order valence-corrected chi connectivity index (χ3v) is 4.00. The summed E-state index contributed by atoms with van der Waals surface area (Å²) >= 11 is 0. The molecule has 1 saturated heterocycles. The highest BCUT2D eigenvalue weighted by Crippen LogP contribution is 2.22. The third-order valence-electron chi connectivity index (χ3n) is 4.00. The number of piperazine rings is 1. The molecule has 0 aliphatic carbocycles. The molecule has 2 aliphatic rings. The van der Waals surface area contributed by atoms with Gasteiger partial charge in [-0.3, -0.25) is 9.59 Å². The Morgan fingerprint density at radius 3 is 2.68 bits per heavy atom. The van der Waals surface area contributed by atoms with Crippen LogP contribution in [0.5, 0.6) is 0 Å². The minimum Gasteiger partial charge on any atom is -0.342 e. The average Bonchev–Trinajstić information content (AvgIpc) is 2.55. The van der Waals surface area contributed by atoms with Crippen molar-refractivity contribution < 1.29 is 14.0 Å². The van der Waals surface area contributed by atoms with Crippen molar-refractivity contribution in [3.8, 4) is 0 Å². The summed E-state index contributed by atoms with van der Waals surface area (Å²) in [5.74, 6) is -0.461. The number of rotatable bonds is 2. The molecule has 5 nitrogen and oxygen atoms in total. The molecule has 3 rings (SSSR count). The van der Waals surface area contributed by atoms with Crippen molar-refractivity contribution in [3.05, 3.63) is 41.7 Å². The van der Waals surface area contributed by atoms with Crippen LogP contribution in [-0.2, 0) is 9.59 Å². The second-order valence-corrected chi connectivity index (χ2v) is 5.52. The summed E-state index contributed by atoms with van der Waals surface area (Å²) in [4.78, 5) is 25.5. The topological polar surface area (TPSA) is 61.4 Å². The van der Waals surface area contributed by atoms with Crippen molar-refractivity contribution in [2.24, 2.45) is 0 Å². The van der Waals surface area contributed by atoms with E-state index in [0.29, 0.717) is 19.6 Å². The number of nitrogens with zero attached hydrogens (tertiary/aromatic N) is 1. The van der Waals surface area contributed by atoms with Gasteiger partial charge in [-0.15, -0.1) is 0 Å². The number of hydrogen-bond donors (Lipinski definition) is 2. The van der Waals surface area contributed by atoms with Gasteiger partial charge >= 0.3 is 0 Å². The van der Waals surface area contributed by atoms with Gasteiger partial charge in [-0.1, -0.05) is 18.2 Å². The molecule has 2 amide bonds. The Kier molecular flexibility index (Phi) is 4.20. The Bertz CT molecular complexity index is 612. The molecule has 1 atom stereocenters. The molecule has 2 heterocycles. The van der Waals surface area contributed by atoms with Crippen molar-refractivity contribution in [2.75, 3.05) is 26.2 Å². The first-order chi connectivity index (χ1) is 10.6. The van der Waals surface area contributed by atoms with Crippen molar-refractivity contribution >= 4 is 17.4 Å². The van der Waals surface area contributed by atoms with Gasteiger partial charge in [0.25, 0.3) is 0 Å². The molecule has 1 aromatic rings. The van der Waals surface area contributed by atoms with Crippen molar-refractivity contribution in [3.63, 3.8) is 0 Å². The van der Waals surface area contributed by atoms with E-state index in [2.05, 4.69) is 10.6 Å². The summed E-state index contributed by atoms with van der Waals surface area (Å²) in [6.07, 6.45) is 2.72. The van der Waals surface area contributed by atoms with Gasteiger partial charge in [0.15, 0.2) is 0 Å². The van der Waals surface area contributed by atoms with Gasteiger partial charge in [-0.2, -0.15) is 0 Å². The highest BCUT2D eigenvalue weighted by Gasteiger charge is 2.29. The molecule has 0 bridgehead atoms. The molecule has 0 radical (unpaired) electrons. The fourth-order valence-corrected chi connectivity index (χ4v) is 2.79. The van der Waals surface area contributed by atoms with E-state index in [1.165, 1.54) is 12.1 Å². The predicted octanol–water partition coefficient (Wildman–Crippen LogP) is 0.529. The summed E-state index contributed by atoms with van der Waals surface area (Å²) in [5, 5.41) is 5.64. The first-order valence-electron chi connectivity index (χ1n) is 7.37. The van der Waals surface area contributed by atoms with E-state index in [1.54, 1.807) is 17.0 Å². The normalized spacial score (nSPS) is 22.0. The SMILES string of the molecule is O=C1CNCC(C(=O)N2CC=C(c3ccc(F)cc3)CC2)N1. The maximum atomic E-state index is 12.9. The number of carbonyl (C=O) groups is 2. The summed E-state index contributed by atoms with van der Waals surface area (Å²) in [6.45, 7) is 1.85. The van der Waals surface area contributed by atoms with Gasteiger partial charge in [0.1, 0.15) is 11.9 Å². The largest absolute Gasteiger partial charge is 0.342 e. The van der Waals surface area contributed by atoms with Gasteiger partial charge in [0.2, 0.25) is 11.8 Å². The van der Waals surface area contributed by atoms with E-state index in [0.717, 1.165) is 17.6 Å². The molecule has 22 heavy (non-hydrogen) atoms. The Hall–Kier alpha value is -2.21. The summed E-state index contributed by atoms with van der Waals surface area (Å²) in [6, 6.07) is 5.91. The predicted molar refractivity (Wildman–Crippen MR) is 80.4 cm³/mol. The van der Waals surface area contributed by atoms with Crippen LogP contribution in [0.4, 0.5) is 4.39 Å². The number of halogens is 1. The van der Waals surface area contributed by atoms with Gasteiger partial charge in [0, 0.05) is 19.6 Å². The first kappa shape index (κ1) is 14.7. The van der Waals surface area contributed by atoms with Crippen molar-refractivity contribution in [1.29, 1.82) is 0 Å². The van der Waals surface area contributed by atoms with Gasteiger partial charge in [-0.05, 0) is 29.7 Å². The van der Waals surface area contributed by atoms with E-state index in [4.69, 9.17) is 0 Å². The molecule has 0 spiro atoms. The van der Waals surface area contributed by atoms with E-state index in [-0.39, 0.29) is 24.2 Å². The van der Waals surface area contributed by atoms with Crippen molar-refractivity contribution in [1.82, 2.24) is 15.5 Å². The minimum atomic E-state index is -0.484. The Morgan fingerprint density at radius 2 is 2.05 bits per heavy atom. The first-order valence-corrected chi connectivity index (χ1v) is 7.37. The highest BCUT2D eigenvalue weighted by molar-refractivity contribution is 5.90. The van der Waals surface area contributed by atoms with E-state index >= 15 is 0 Å². The third kappa shape index (κ3) is 3.17. The molecule has 6 heteroatoms. The second kappa shape index (κ2) is 6.27. The lowest BCUT2D eigenvalue weighted by Gasteiger charge is -2.32. The molecule has 116 valence electrons. The zero-order chi connectivity index (χ0) is 15.5. The lowest BCUT2D eigenvalue weighted by Crippen LogP contribution is -2.59. The van der Waals surface area contributed by atoms with Crippen LogP contribution in [0, 0.1) is 5.82 Å². The van der Waals surface area contributed by atoms with Crippen LogP contribution < -0.4 is 10.6 Å². The smallest absolute Gasteiger partial charge is 0.246 e. The van der Waals surface area contributed by atoms with Gasteiger partial charge in [-0.25, -0.2) is 4.39 Å². The zero-order valence-corrected chi connectivity index (χ0v) is 12.1. The minimum absolute atomic E-state index is 0.0602. The maximum Gasteiger partial charge on any atom is 0.246 e. The number of amides is 2. The Morgan fingerprint density at radius 1 is 1.27 bits per heavy atom. The molecule has 0 saturated carbocycles. The molecule has 1 aromatic carbocycles. The summed E-state index contributed by atoms with van der Waals surface area (Å²) in [5.41, 5.74) is 2.11. The van der Waals surface area contributed by atoms with Gasteiger partial charge in [0.05, 0.1) is 6.54 Å². The number of hydrogen-bond acceptors (Lipinski definition) is 3. The Labute approximate surface area is 128 Å². The summed E-state index contributed by atoms with van der Waals surface area (Å²) < 4.78 is 12.9. The van der Waals surface area contributed by atoms with Crippen LogP contribution >= 0.6 is 0 Å². The molecule has 2 aliphatic heterocycles. The number of carbonyl (C=O) groups excluding carboxylic acids is 2. The molecule has 2 N–H and O–H groups in total. The van der Waals surface area contributed by atoms with Crippen LogP contribution in [0.15, 0.2) is 30.3 Å². The van der Waals surface area contributed by atoms with Crippen LogP contribution in [0.25, 0.3) is 5.57 Å². The van der Waals surface area contributed by atoms with Crippen molar-refractivity contribution in [2.45, 2.75) is 12.5 Å². The van der Waals surface area contributed by atoms with E-state index < -0.39 is 6.04 Å². The van der Waals surface area contributed by atoms with Crippen LogP contribution in [0.3, 0.4) is 0 Å². The maximum absolute atomic E-state index is 12.9. The van der Waals surface area contributed by atoms with Crippen LogP contribution in [0.1, 0.15) is 12.0 Å². The average molecular weight is 303 g/mol. The number of benzene rings is 1. The van der Waals surface area contributed by atoms with Crippen LogP contribution in [0.2, 0.25) is 0 Å². The van der Waals surface area contributed by atoms with Crippen LogP contribution in [-0.4, -0.2) is 48.9 Å². The standard InChI is InChI=1S/C16H18FN3O2/c17-13-3-1-11(2-4-13)12-5-7-20(8-6-12)16(22)14-9-18-10-15(21)19-14/h1-5,14,18H,6-10H2,(H,19,21). The monoisotopic (exact) mass is 303 g/mol. The Balaban J connectivity index is 1.64. The highest BCUT2D eigenvalue weighted by atomic mass is 19.1. The fourth-order valence-electron chi connectivity index (χ4n) is 2.79.